The van der Waals surface area contributed by atoms with Gasteiger partial charge in [0, 0.05) is 17.2 Å². The van der Waals surface area contributed by atoms with Crippen LogP contribution in [-0.2, 0) is 0 Å². The van der Waals surface area contributed by atoms with Crippen LogP contribution in [0.4, 0.5) is 0 Å². The van der Waals surface area contributed by atoms with Gasteiger partial charge in [0.15, 0.2) is 0 Å². The second kappa shape index (κ2) is 4.95. The molecule has 0 N–H and O–H groups in total. The summed E-state index contributed by atoms with van der Waals surface area (Å²) in [5.41, 5.74) is 2.51. The minimum Gasteiger partial charge on any atom is -0.289 e. The first-order valence-corrected chi connectivity index (χ1v) is 6.54. The molecule has 18 heavy (non-hydrogen) atoms. The molecule has 1 saturated carbocycles. The molecule has 2 aromatic carbocycles. The van der Waals surface area contributed by atoms with Crippen molar-refractivity contribution in [2.75, 3.05) is 0 Å². The quantitative estimate of drug-likeness (QED) is 0.725. The summed E-state index contributed by atoms with van der Waals surface area (Å²) in [5, 5.41) is 0.765. The third-order valence-electron chi connectivity index (χ3n) is 3.27. The predicted octanol–water partition coefficient (Wildman–Crippen LogP) is 4.32. The zero-order valence-electron chi connectivity index (χ0n) is 9.96. The Morgan fingerprint density at radius 2 is 1.72 bits per heavy atom. The first-order valence-electron chi connectivity index (χ1n) is 6.16. The number of benzene rings is 2. The van der Waals surface area contributed by atoms with Crippen LogP contribution in [0.5, 0.6) is 0 Å². The maximum Gasteiger partial charge on any atom is 0.0575 e. The molecule has 0 unspecified atom stereocenters. The Balaban J connectivity index is 1.64. The summed E-state index contributed by atoms with van der Waals surface area (Å²) in [6, 6.07) is 18.8. The highest BCUT2D eigenvalue weighted by Gasteiger charge is 2.37. The Bertz CT molecular complexity index is 545. The van der Waals surface area contributed by atoms with Gasteiger partial charge in [-0.25, -0.2) is 0 Å². The molecule has 0 heterocycles. The molecule has 0 aromatic heterocycles. The maximum atomic E-state index is 5.85. The van der Waals surface area contributed by atoms with Crippen LogP contribution < -0.4 is 0 Å². The lowest BCUT2D eigenvalue weighted by molar-refractivity contribution is 0.995. The molecule has 2 aromatic rings. The van der Waals surface area contributed by atoms with E-state index in [2.05, 4.69) is 35.3 Å². The Labute approximate surface area is 112 Å². The van der Waals surface area contributed by atoms with Crippen LogP contribution in [0.3, 0.4) is 0 Å². The fourth-order valence-corrected chi connectivity index (χ4v) is 2.26. The summed E-state index contributed by atoms with van der Waals surface area (Å²) in [4.78, 5) is 4.63. The minimum absolute atomic E-state index is 0.447. The van der Waals surface area contributed by atoms with Gasteiger partial charge in [0.05, 0.1) is 6.04 Å². The van der Waals surface area contributed by atoms with Gasteiger partial charge in [-0.3, -0.25) is 4.99 Å². The molecule has 1 aliphatic rings. The molecule has 1 aliphatic carbocycles. The van der Waals surface area contributed by atoms with Gasteiger partial charge in [-0.15, -0.1) is 0 Å². The van der Waals surface area contributed by atoms with Gasteiger partial charge in [-0.2, -0.15) is 0 Å². The van der Waals surface area contributed by atoms with E-state index in [1.54, 1.807) is 0 Å². The van der Waals surface area contributed by atoms with E-state index in [1.165, 1.54) is 5.56 Å². The van der Waals surface area contributed by atoms with Crippen molar-refractivity contribution in [3.63, 3.8) is 0 Å². The maximum absolute atomic E-state index is 5.85. The first kappa shape index (κ1) is 11.5. The standard InChI is InChI=1S/C16H14ClN/c17-14-8-6-12(7-9-14)11-18-16-10-15(16)13-4-2-1-3-5-13/h1-9,11,15-16H,10H2/t15-,16-/m0/s1. The lowest BCUT2D eigenvalue weighted by Crippen LogP contribution is -1.87. The number of halogens is 1. The smallest absolute Gasteiger partial charge is 0.0575 e. The van der Waals surface area contributed by atoms with E-state index in [0.29, 0.717) is 12.0 Å². The largest absolute Gasteiger partial charge is 0.289 e. The molecular formula is C16H14ClN. The average Bonchev–Trinajstić information content (AvgIpc) is 3.19. The number of rotatable bonds is 3. The van der Waals surface area contributed by atoms with Crippen LogP contribution in [0.2, 0.25) is 5.02 Å². The monoisotopic (exact) mass is 255 g/mol. The van der Waals surface area contributed by atoms with Crippen molar-refractivity contribution in [3.8, 4) is 0 Å². The highest BCUT2D eigenvalue weighted by molar-refractivity contribution is 6.30. The molecule has 0 saturated heterocycles. The van der Waals surface area contributed by atoms with Crippen molar-refractivity contribution < 1.29 is 0 Å². The number of aliphatic imine (C=N–C) groups is 1. The number of nitrogens with zero attached hydrogens (tertiary/aromatic N) is 1. The minimum atomic E-state index is 0.447. The van der Waals surface area contributed by atoms with Crippen LogP contribution in [-0.4, -0.2) is 12.3 Å². The zero-order chi connectivity index (χ0) is 12.4. The summed E-state index contributed by atoms with van der Waals surface area (Å²) in [6.45, 7) is 0. The van der Waals surface area contributed by atoms with E-state index in [9.17, 15) is 0 Å². The van der Waals surface area contributed by atoms with E-state index in [1.807, 2.05) is 30.5 Å². The van der Waals surface area contributed by atoms with Gasteiger partial charge in [0.1, 0.15) is 0 Å². The summed E-state index contributed by atoms with van der Waals surface area (Å²) in [7, 11) is 0. The van der Waals surface area contributed by atoms with Crippen LogP contribution in [0, 0.1) is 0 Å². The summed E-state index contributed by atoms with van der Waals surface area (Å²) >= 11 is 5.85. The van der Waals surface area contributed by atoms with E-state index in [-0.39, 0.29) is 0 Å². The van der Waals surface area contributed by atoms with Crippen molar-refractivity contribution in [2.24, 2.45) is 4.99 Å². The molecule has 3 rings (SSSR count). The van der Waals surface area contributed by atoms with Gasteiger partial charge in [-0.1, -0.05) is 54.1 Å². The third kappa shape index (κ3) is 2.62. The van der Waals surface area contributed by atoms with E-state index in [0.717, 1.165) is 17.0 Å². The highest BCUT2D eigenvalue weighted by atomic mass is 35.5. The Morgan fingerprint density at radius 3 is 2.44 bits per heavy atom. The molecule has 90 valence electrons. The summed E-state index contributed by atoms with van der Waals surface area (Å²) < 4.78 is 0. The summed E-state index contributed by atoms with van der Waals surface area (Å²) in [6.07, 6.45) is 3.11. The van der Waals surface area contributed by atoms with Gasteiger partial charge < -0.3 is 0 Å². The van der Waals surface area contributed by atoms with Crippen molar-refractivity contribution >= 4 is 17.8 Å². The number of hydrogen-bond acceptors (Lipinski definition) is 1. The van der Waals surface area contributed by atoms with Crippen LogP contribution in [0.1, 0.15) is 23.5 Å². The van der Waals surface area contributed by atoms with Crippen LogP contribution in [0.25, 0.3) is 0 Å². The SMILES string of the molecule is Clc1ccc(C=N[C@H]2C[C@H]2c2ccccc2)cc1. The van der Waals surface area contributed by atoms with Gasteiger partial charge in [-0.05, 0) is 29.7 Å². The molecule has 0 aliphatic heterocycles. The molecule has 2 atom stereocenters. The van der Waals surface area contributed by atoms with E-state index < -0.39 is 0 Å². The number of hydrogen-bond donors (Lipinski definition) is 0. The Morgan fingerprint density at radius 1 is 1.00 bits per heavy atom. The lowest BCUT2D eigenvalue weighted by atomic mass is 10.1. The second-order valence-corrected chi connectivity index (χ2v) is 5.09. The second-order valence-electron chi connectivity index (χ2n) is 4.65. The fraction of sp³-hybridized carbons (Fsp3) is 0.188. The molecule has 0 amide bonds. The Hall–Kier alpha value is -1.60. The third-order valence-corrected chi connectivity index (χ3v) is 3.52. The molecular weight excluding hydrogens is 242 g/mol. The lowest BCUT2D eigenvalue weighted by Gasteiger charge is -1.96. The van der Waals surface area contributed by atoms with Crippen molar-refractivity contribution in [1.29, 1.82) is 0 Å². The van der Waals surface area contributed by atoms with E-state index >= 15 is 0 Å². The van der Waals surface area contributed by atoms with Crippen molar-refractivity contribution in [3.05, 3.63) is 70.7 Å². The van der Waals surface area contributed by atoms with Crippen molar-refractivity contribution in [1.82, 2.24) is 0 Å². The van der Waals surface area contributed by atoms with E-state index in [4.69, 9.17) is 11.6 Å². The molecule has 0 bridgehead atoms. The van der Waals surface area contributed by atoms with Crippen LogP contribution in [0.15, 0.2) is 59.6 Å². The average molecular weight is 256 g/mol. The fourth-order valence-electron chi connectivity index (χ4n) is 2.14. The van der Waals surface area contributed by atoms with Gasteiger partial charge in [0.2, 0.25) is 0 Å². The van der Waals surface area contributed by atoms with Gasteiger partial charge >= 0.3 is 0 Å². The van der Waals surface area contributed by atoms with Crippen molar-refractivity contribution in [2.45, 2.75) is 18.4 Å². The topological polar surface area (TPSA) is 12.4 Å². The normalized spacial score (nSPS) is 22.3. The first-order chi connectivity index (χ1) is 8.83. The summed E-state index contributed by atoms with van der Waals surface area (Å²) in [5.74, 6) is 0.606. The zero-order valence-corrected chi connectivity index (χ0v) is 10.7. The molecule has 2 heteroatoms. The molecule has 0 spiro atoms. The highest BCUT2D eigenvalue weighted by Crippen LogP contribution is 2.43. The van der Waals surface area contributed by atoms with Gasteiger partial charge in [0.25, 0.3) is 0 Å². The molecule has 1 fully saturated rings. The Kier molecular flexibility index (Phi) is 3.16. The molecule has 1 nitrogen and oxygen atoms in total. The van der Waals surface area contributed by atoms with Crippen LogP contribution >= 0.6 is 11.6 Å². The molecule has 0 radical (unpaired) electrons. The predicted molar refractivity (Wildman–Crippen MR) is 76.6 cm³/mol.